The second-order valence-electron chi connectivity index (χ2n) is 4.54. The molecule has 0 atom stereocenters. The molecular weight excluding hydrogens is 305 g/mol. The first-order valence-electron chi connectivity index (χ1n) is 5.83. The number of nitrogens with zero attached hydrogens (tertiary/aromatic N) is 1. The van der Waals surface area contributed by atoms with Gasteiger partial charge in [0.1, 0.15) is 10.7 Å². The van der Waals surface area contributed by atoms with Gasteiger partial charge in [-0.05, 0) is 24.1 Å². The third-order valence-electron chi connectivity index (χ3n) is 2.64. The molecule has 2 N–H and O–H groups in total. The Labute approximate surface area is 121 Å². The van der Waals surface area contributed by atoms with Crippen LogP contribution in [0.2, 0.25) is 5.02 Å². The molecule has 1 heterocycles. The molecule has 108 valence electrons. The van der Waals surface area contributed by atoms with Gasteiger partial charge in [0.15, 0.2) is 5.82 Å². The van der Waals surface area contributed by atoms with Crippen LogP contribution >= 0.6 is 11.6 Å². The minimum Gasteiger partial charge on any atom is -0.280 e. The number of nitrogens with one attached hydrogen (secondary N) is 2. The summed E-state index contributed by atoms with van der Waals surface area (Å²) in [6.45, 7) is 3.87. The Bertz CT molecular complexity index is 728. The van der Waals surface area contributed by atoms with Gasteiger partial charge >= 0.3 is 0 Å². The van der Waals surface area contributed by atoms with Gasteiger partial charge in [0, 0.05) is 16.8 Å². The second-order valence-corrected chi connectivity index (χ2v) is 6.63. The molecule has 0 unspecified atom stereocenters. The Balaban J connectivity index is 2.30. The monoisotopic (exact) mass is 317 g/mol. The van der Waals surface area contributed by atoms with Gasteiger partial charge in [-0.1, -0.05) is 25.4 Å². The highest BCUT2D eigenvalue weighted by molar-refractivity contribution is 7.92. The quantitative estimate of drug-likeness (QED) is 0.909. The topological polar surface area (TPSA) is 74.8 Å². The molecule has 0 radical (unpaired) electrons. The predicted octanol–water partition coefficient (Wildman–Crippen LogP) is 3.13. The Morgan fingerprint density at radius 3 is 2.60 bits per heavy atom. The highest BCUT2D eigenvalue weighted by Gasteiger charge is 2.20. The number of benzene rings is 1. The molecule has 2 aromatic rings. The van der Waals surface area contributed by atoms with Gasteiger partial charge in [-0.25, -0.2) is 12.8 Å². The maximum atomic E-state index is 13.7. The summed E-state index contributed by atoms with van der Waals surface area (Å²) in [7, 11) is -4.04. The number of hydrogen-bond acceptors (Lipinski definition) is 3. The average molecular weight is 318 g/mol. The van der Waals surface area contributed by atoms with Gasteiger partial charge < -0.3 is 0 Å². The van der Waals surface area contributed by atoms with E-state index >= 15 is 0 Å². The van der Waals surface area contributed by atoms with E-state index in [1.165, 1.54) is 6.07 Å². The van der Waals surface area contributed by atoms with Gasteiger partial charge in [-0.2, -0.15) is 5.10 Å². The Kier molecular flexibility index (Phi) is 4.01. The van der Waals surface area contributed by atoms with Gasteiger partial charge in [0.2, 0.25) is 0 Å². The van der Waals surface area contributed by atoms with Crippen molar-refractivity contribution in [2.24, 2.45) is 0 Å². The van der Waals surface area contributed by atoms with Crippen molar-refractivity contribution in [1.82, 2.24) is 10.2 Å². The highest BCUT2D eigenvalue weighted by Crippen LogP contribution is 2.22. The number of rotatable bonds is 4. The van der Waals surface area contributed by atoms with Crippen molar-refractivity contribution in [3.05, 3.63) is 40.8 Å². The number of aromatic nitrogens is 2. The highest BCUT2D eigenvalue weighted by atomic mass is 35.5. The van der Waals surface area contributed by atoms with Crippen molar-refractivity contribution in [3.63, 3.8) is 0 Å². The Morgan fingerprint density at radius 1 is 1.35 bits per heavy atom. The largest absolute Gasteiger partial charge is 0.280 e. The lowest BCUT2D eigenvalue weighted by atomic mass is 10.1. The normalized spacial score (nSPS) is 11.8. The van der Waals surface area contributed by atoms with Crippen LogP contribution in [-0.2, 0) is 10.0 Å². The van der Waals surface area contributed by atoms with Crippen molar-refractivity contribution in [1.29, 1.82) is 0 Å². The lowest BCUT2D eigenvalue weighted by Crippen LogP contribution is -2.14. The summed E-state index contributed by atoms with van der Waals surface area (Å²) < 4.78 is 40.0. The van der Waals surface area contributed by atoms with E-state index in [1.807, 2.05) is 13.8 Å². The molecule has 0 amide bonds. The summed E-state index contributed by atoms with van der Waals surface area (Å²) in [5.74, 6) is -0.624. The van der Waals surface area contributed by atoms with Gasteiger partial charge in [0.05, 0.1) is 0 Å². The minimum atomic E-state index is -4.04. The van der Waals surface area contributed by atoms with Crippen molar-refractivity contribution >= 4 is 27.4 Å². The molecular formula is C12H13ClFN3O2S. The fourth-order valence-electron chi connectivity index (χ4n) is 1.57. The van der Waals surface area contributed by atoms with Crippen LogP contribution in [-0.4, -0.2) is 18.6 Å². The van der Waals surface area contributed by atoms with Gasteiger partial charge in [-0.15, -0.1) is 0 Å². The van der Waals surface area contributed by atoms with E-state index in [1.54, 1.807) is 6.07 Å². The molecule has 20 heavy (non-hydrogen) atoms. The van der Waals surface area contributed by atoms with E-state index in [0.29, 0.717) is 0 Å². The zero-order valence-corrected chi connectivity index (χ0v) is 12.4. The van der Waals surface area contributed by atoms with Crippen LogP contribution in [0.5, 0.6) is 0 Å². The van der Waals surface area contributed by atoms with E-state index in [2.05, 4.69) is 14.9 Å². The molecule has 1 aromatic carbocycles. The van der Waals surface area contributed by atoms with Crippen molar-refractivity contribution in [2.75, 3.05) is 4.72 Å². The smallest absolute Gasteiger partial charge is 0.266 e. The van der Waals surface area contributed by atoms with E-state index < -0.39 is 20.7 Å². The lowest BCUT2D eigenvalue weighted by molar-refractivity contribution is 0.570. The van der Waals surface area contributed by atoms with Crippen molar-refractivity contribution in [2.45, 2.75) is 24.7 Å². The maximum absolute atomic E-state index is 13.7. The first kappa shape index (κ1) is 14.8. The van der Waals surface area contributed by atoms with Crippen LogP contribution < -0.4 is 4.72 Å². The molecule has 0 aliphatic heterocycles. The third-order valence-corrected chi connectivity index (χ3v) is 4.27. The summed E-state index contributed by atoms with van der Waals surface area (Å²) in [4.78, 5) is -0.476. The molecule has 0 aliphatic rings. The first-order chi connectivity index (χ1) is 9.29. The molecule has 0 fully saturated rings. The van der Waals surface area contributed by atoms with Gasteiger partial charge in [-0.3, -0.25) is 9.82 Å². The Morgan fingerprint density at radius 2 is 2.05 bits per heavy atom. The second kappa shape index (κ2) is 5.41. The summed E-state index contributed by atoms with van der Waals surface area (Å²) in [5, 5.41) is 6.67. The molecule has 1 aromatic heterocycles. The molecule has 0 saturated carbocycles. The summed E-state index contributed by atoms with van der Waals surface area (Å²) in [6, 6.07) is 4.93. The Hall–Kier alpha value is -1.60. The number of hydrogen-bond donors (Lipinski definition) is 2. The zero-order valence-electron chi connectivity index (χ0n) is 10.8. The lowest BCUT2D eigenvalue weighted by Gasteiger charge is -2.06. The SMILES string of the molecule is CC(C)c1cc(NS(=O)(=O)c2ccc(Cl)cc2F)n[nH]1. The molecule has 0 saturated heterocycles. The fraction of sp³-hybridized carbons (Fsp3) is 0.250. The molecule has 0 bridgehead atoms. The number of halogens is 2. The van der Waals surface area contributed by atoms with Crippen LogP contribution in [0.1, 0.15) is 25.5 Å². The molecule has 8 heteroatoms. The summed E-state index contributed by atoms with van der Waals surface area (Å²) in [6.07, 6.45) is 0. The number of aromatic amines is 1. The van der Waals surface area contributed by atoms with E-state index in [9.17, 15) is 12.8 Å². The average Bonchev–Trinajstić information content (AvgIpc) is 2.76. The molecule has 0 spiro atoms. The molecule has 0 aliphatic carbocycles. The van der Waals surface area contributed by atoms with E-state index in [4.69, 9.17) is 11.6 Å². The van der Waals surface area contributed by atoms with E-state index in [0.717, 1.165) is 17.8 Å². The standard InChI is InChI=1S/C12H13ClFN3O2S/c1-7(2)10-6-12(16-15-10)17-20(18,19)11-4-3-8(13)5-9(11)14/h3-7H,1-2H3,(H2,15,16,17). The zero-order chi connectivity index (χ0) is 14.9. The van der Waals surface area contributed by atoms with Crippen LogP contribution in [0.3, 0.4) is 0 Å². The minimum absolute atomic E-state index is 0.114. The van der Waals surface area contributed by atoms with E-state index in [-0.39, 0.29) is 16.8 Å². The summed E-state index contributed by atoms with van der Waals surface area (Å²) in [5.41, 5.74) is 0.777. The molecule has 2 rings (SSSR count). The summed E-state index contributed by atoms with van der Waals surface area (Å²) >= 11 is 5.59. The third kappa shape index (κ3) is 3.10. The first-order valence-corrected chi connectivity index (χ1v) is 7.69. The number of anilines is 1. The van der Waals surface area contributed by atoms with Crippen LogP contribution in [0.15, 0.2) is 29.2 Å². The number of H-pyrrole nitrogens is 1. The van der Waals surface area contributed by atoms with Gasteiger partial charge in [0.25, 0.3) is 10.0 Å². The predicted molar refractivity (Wildman–Crippen MR) is 74.9 cm³/mol. The fourth-order valence-corrected chi connectivity index (χ4v) is 2.78. The van der Waals surface area contributed by atoms with Crippen LogP contribution in [0.25, 0.3) is 0 Å². The van der Waals surface area contributed by atoms with Crippen molar-refractivity contribution < 1.29 is 12.8 Å². The van der Waals surface area contributed by atoms with Crippen molar-refractivity contribution in [3.8, 4) is 0 Å². The van der Waals surface area contributed by atoms with Crippen LogP contribution in [0.4, 0.5) is 10.2 Å². The number of sulfonamides is 1. The molecule has 5 nitrogen and oxygen atoms in total. The van der Waals surface area contributed by atoms with Crippen LogP contribution in [0, 0.1) is 5.82 Å². The maximum Gasteiger partial charge on any atom is 0.266 e.